The highest BCUT2D eigenvalue weighted by molar-refractivity contribution is 7.92. The van der Waals surface area contributed by atoms with Crippen LogP contribution in [0.15, 0.2) is 41.4 Å². The summed E-state index contributed by atoms with van der Waals surface area (Å²) >= 11 is 6.44. The van der Waals surface area contributed by atoms with Crippen molar-refractivity contribution in [3.8, 4) is 5.75 Å². The van der Waals surface area contributed by atoms with Crippen molar-refractivity contribution in [3.05, 3.63) is 58.2 Å². The summed E-state index contributed by atoms with van der Waals surface area (Å²) in [5, 5.41) is 6.02. The number of nitrogens with zero attached hydrogens (tertiary/aromatic N) is 3. The predicted octanol–water partition coefficient (Wildman–Crippen LogP) is 5.96. The number of piperidine rings is 1. The van der Waals surface area contributed by atoms with E-state index < -0.39 is 25.1 Å². The zero-order valence-electron chi connectivity index (χ0n) is 25.0. The van der Waals surface area contributed by atoms with Crippen LogP contribution in [0.3, 0.4) is 0 Å². The molecule has 10 nitrogen and oxygen atoms in total. The number of sulfone groups is 1. The Balaban J connectivity index is 1.43. The van der Waals surface area contributed by atoms with Crippen LogP contribution in [-0.2, 0) is 26.3 Å². The third-order valence-electron chi connectivity index (χ3n) is 8.12. The molecule has 1 aromatic heterocycles. The van der Waals surface area contributed by atoms with Crippen molar-refractivity contribution >= 4 is 54.6 Å². The smallest absolute Gasteiger partial charge is 0.229 e. The Labute approximate surface area is 259 Å². The van der Waals surface area contributed by atoms with Gasteiger partial charge in [0.1, 0.15) is 16.9 Å². The van der Waals surface area contributed by atoms with Crippen molar-refractivity contribution < 1.29 is 21.6 Å². The summed E-state index contributed by atoms with van der Waals surface area (Å²) in [5.41, 5.74) is 4.56. The molecule has 2 aliphatic heterocycles. The number of anilines is 4. The Bertz CT molecular complexity index is 1740. The van der Waals surface area contributed by atoms with Crippen molar-refractivity contribution in [2.45, 2.75) is 76.0 Å². The highest BCUT2D eigenvalue weighted by atomic mass is 35.5. The summed E-state index contributed by atoms with van der Waals surface area (Å²) in [6.45, 7) is 10.1. The number of fused-ring (bicyclic) bond motifs is 1. The molecule has 5 rings (SSSR count). The number of halogens is 1. The molecular formula is C30H38ClN5O5S2. The standard InChI is InChI=1S/C30H38ClN5O5S2/c1-6-42(37,38)36-13-11-21(12-14-36)27-19(4)15-25(28-22(27)16-20(5)41-28)34-30-32-17-23(31)29(35-30)33-24-9-7-8-10-26(24)43(39,40)18(2)3/h7-10,15,17-18,20-21H,6,11-14,16H2,1-5H3,(H2,32,33,34,35). The van der Waals surface area contributed by atoms with E-state index >= 15 is 0 Å². The van der Waals surface area contributed by atoms with Gasteiger partial charge in [-0.05, 0) is 82.7 Å². The normalized spacial score (nSPS) is 18.0. The van der Waals surface area contributed by atoms with Gasteiger partial charge < -0.3 is 15.4 Å². The van der Waals surface area contributed by atoms with E-state index in [0.717, 1.165) is 41.8 Å². The lowest BCUT2D eigenvalue weighted by Crippen LogP contribution is -2.39. The molecule has 0 radical (unpaired) electrons. The number of benzene rings is 2. The number of ether oxygens (including phenoxy) is 1. The largest absolute Gasteiger partial charge is 0.488 e. The number of aromatic nitrogens is 2. The Morgan fingerprint density at radius 2 is 1.79 bits per heavy atom. The molecule has 1 fully saturated rings. The SMILES string of the molecule is CCS(=O)(=O)N1CCC(c2c(C)cc(Nc3ncc(Cl)c(Nc4ccccc4S(=O)(=O)C(C)C)n3)c3c2CC(C)O3)CC1. The Morgan fingerprint density at radius 1 is 1.09 bits per heavy atom. The van der Waals surface area contributed by atoms with E-state index in [0.29, 0.717) is 18.8 Å². The van der Waals surface area contributed by atoms with Gasteiger partial charge in [-0.15, -0.1) is 0 Å². The maximum absolute atomic E-state index is 13.0. The zero-order valence-corrected chi connectivity index (χ0v) is 27.4. The lowest BCUT2D eigenvalue weighted by Gasteiger charge is -2.33. The van der Waals surface area contributed by atoms with Gasteiger partial charge in [0.05, 0.1) is 33.5 Å². The summed E-state index contributed by atoms with van der Waals surface area (Å²) in [6.07, 6.45) is 3.72. The van der Waals surface area contributed by atoms with Crippen molar-refractivity contribution in [2.75, 3.05) is 29.5 Å². The van der Waals surface area contributed by atoms with Crippen LogP contribution >= 0.6 is 11.6 Å². The highest BCUT2D eigenvalue weighted by Crippen LogP contribution is 2.46. The first kappa shape index (κ1) is 31.5. The topological polar surface area (TPSA) is 131 Å². The van der Waals surface area contributed by atoms with Crippen molar-refractivity contribution in [1.82, 2.24) is 14.3 Å². The van der Waals surface area contributed by atoms with Gasteiger partial charge in [-0.3, -0.25) is 0 Å². The molecule has 1 unspecified atom stereocenters. The Kier molecular flexibility index (Phi) is 8.95. The number of sulfonamides is 1. The van der Waals surface area contributed by atoms with E-state index in [9.17, 15) is 16.8 Å². The van der Waals surface area contributed by atoms with Crippen LogP contribution in [-0.4, -0.2) is 61.3 Å². The van der Waals surface area contributed by atoms with Gasteiger partial charge in [-0.2, -0.15) is 4.98 Å². The molecule has 1 saturated heterocycles. The quantitative estimate of drug-likeness (QED) is 0.289. The number of rotatable bonds is 9. The molecule has 2 aromatic carbocycles. The summed E-state index contributed by atoms with van der Waals surface area (Å²) in [4.78, 5) is 9.11. The Morgan fingerprint density at radius 3 is 2.47 bits per heavy atom. The molecular weight excluding hydrogens is 610 g/mol. The van der Waals surface area contributed by atoms with Crippen molar-refractivity contribution in [1.29, 1.82) is 0 Å². The second-order valence-corrected chi connectivity index (χ2v) is 16.5. The highest BCUT2D eigenvalue weighted by Gasteiger charge is 2.34. The van der Waals surface area contributed by atoms with Gasteiger partial charge in [0.15, 0.2) is 15.7 Å². The number of hydrogen-bond acceptors (Lipinski definition) is 9. The molecule has 0 spiro atoms. The zero-order chi connectivity index (χ0) is 31.1. The summed E-state index contributed by atoms with van der Waals surface area (Å²) in [7, 11) is -6.75. The number of nitrogens with one attached hydrogen (secondary N) is 2. The number of aryl methyl sites for hydroxylation is 1. The second-order valence-electron chi connectivity index (χ2n) is 11.4. The molecule has 0 saturated carbocycles. The van der Waals surface area contributed by atoms with E-state index in [4.69, 9.17) is 16.3 Å². The van der Waals surface area contributed by atoms with E-state index in [-0.39, 0.29) is 39.5 Å². The van der Waals surface area contributed by atoms with Gasteiger partial charge in [-0.25, -0.2) is 26.1 Å². The third kappa shape index (κ3) is 6.33. The fraction of sp³-hybridized carbons (Fsp3) is 0.467. The lowest BCUT2D eigenvalue weighted by atomic mass is 9.83. The first-order valence-corrected chi connectivity index (χ1v) is 18.1. The summed E-state index contributed by atoms with van der Waals surface area (Å²) in [6, 6.07) is 8.68. The molecule has 2 aliphatic rings. The molecule has 3 aromatic rings. The van der Waals surface area contributed by atoms with Crippen LogP contribution in [0.4, 0.5) is 23.1 Å². The molecule has 232 valence electrons. The summed E-state index contributed by atoms with van der Waals surface area (Å²) < 4.78 is 58.6. The molecule has 43 heavy (non-hydrogen) atoms. The van der Waals surface area contributed by atoms with Crippen LogP contribution in [0.2, 0.25) is 5.02 Å². The lowest BCUT2D eigenvalue weighted by molar-refractivity contribution is 0.256. The monoisotopic (exact) mass is 647 g/mol. The first-order chi connectivity index (χ1) is 20.3. The van der Waals surface area contributed by atoms with Gasteiger partial charge in [0.25, 0.3) is 0 Å². The van der Waals surface area contributed by atoms with Crippen molar-refractivity contribution in [3.63, 3.8) is 0 Å². The van der Waals surface area contributed by atoms with E-state index in [1.165, 1.54) is 11.8 Å². The third-order valence-corrected chi connectivity index (χ3v) is 12.5. The van der Waals surface area contributed by atoms with Gasteiger partial charge in [0.2, 0.25) is 16.0 Å². The molecule has 1 atom stereocenters. The number of hydrogen-bond donors (Lipinski definition) is 2. The van der Waals surface area contributed by atoms with Crippen LogP contribution in [0.1, 0.15) is 63.1 Å². The van der Waals surface area contributed by atoms with Crippen LogP contribution in [0.5, 0.6) is 5.75 Å². The fourth-order valence-electron chi connectivity index (χ4n) is 5.85. The Hall–Kier alpha value is -2.93. The van der Waals surface area contributed by atoms with Crippen LogP contribution in [0.25, 0.3) is 0 Å². The van der Waals surface area contributed by atoms with Gasteiger partial charge >= 0.3 is 0 Å². The molecule has 3 heterocycles. The van der Waals surface area contributed by atoms with E-state index in [1.807, 2.05) is 13.0 Å². The van der Waals surface area contributed by atoms with E-state index in [2.05, 4.69) is 27.5 Å². The average molecular weight is 648 g/mol. The van der Waals surface area contributed by atoms with Crippen molar-refractivity contribution in [2.24, 2.45) is 0 Å². The second kappa shape index (κ2) is 12.2. The maximum Gasteiger partial charge on any atom is 0.229 e. The van der Waals surface area contributed by atoms with Gasteiger partial charge in [-0.1, -0.05) is 23.7 Å². The minimum atomic E-state index is -3.56. The first-order valence-electron chi connectivity index (χ1n) is 14.5. The van der Waals surface area contributed by atoms with Crippen LogP contribution < -0.4 is 15.4 Å². The molecule has 0 amide bonds. The molecule has 0 bridgehead atoms. The molecule has 13 heteroatoms. The minimum Gasteiger partial charge on any atom is -0.488 e. The van der Waals surface area contributed by atoms with E-state index in [1.54, 1.807) is 49.3 Å². The van der Waals surface area contributed by atoms with Crippen LogP contribution in [0, 0.1) is 6.92 Å². The molecule has 0 aliphatic carbocycles. The minimum absolute atomic E-state index is 0.0144. The maximum atomic E-state index is 13.0. The number of para-hydroxylation sites is 1. The molecule has 2 N–H and O–H groups in total. The fourth-order valence-corrected chi connectivity index (χ4v) is 8.32. The summed E-state index contributed by atoms with van der Waals surface area (Å²) in [5.74, 6) is 1.64. The van der Waals surface area contributed by atoms with Gasteiger partial charge in [0, 0.05) is 25.1 Å². The average Bonchev–Trinajstić information content (AvgIpc) is 3.36. The predicted molar refractivity (Wildman–Crippen MR) is 170 cm³/mol.